The predicted octanol–water partition coefficient (Wildman–Crippen LogP) is 2.49. The Hall–Kier alpha value is -2.64. The molecule has 2 saturated heterocycles. The number of rotatable bonds is 6. The van der Waals surface area contributed by atoms with E-state index in [0.29, 0.717) is 25.6 Å². The molecule has 1 aromatic rings. The molecule has 28 heavy (non-hydrogen) atoms. The highest BCUT2D eigenvalue weighted by atomic mass is 19.1. The van der Waals surface area contributed by atoms with Crippen LogP contribution in [0.2, 0.25) is 0 Å². The van der Waals surface area contributed by atoms with Crippen LogP contribution in [0.1, 0.15) is 32.6 Å². The fourth-order valence-corrected chi connectivity index (χ4v) is 4.20. The third kappa shape index (κ3) is 3.00. The van der Waals surface area contributed by atoms with Crippen LogP contribution in [0.15, 0.2) is 29.3 Å². The minimum atomic E-state index is -0.509. The number of halogens is 1. The van der Waals surface area contributed by atoms with Gasteiger partial charge in [-0.05, 0) is 30.7 Å². The van der Waals surface area contributed by atoms with Gasteiger partial charge >= 0.3 is 6.03 Å². The zero-order valence-corrected chi connectivity index (χ0v) is 16.3. The van der Waals surface area contributed by atoms with Crippen LogP contribution in [0.4, 0.5) is 14.9 Å². The molecule has 2 unspecified atom stereocenters. The van der Waals surface area contributed by atoms with Gasteiger partial charge in [0, 0.05) is 32.4 Å². The summed E-state index contributed by atoms with van der Waals surface area (Å²) < 4.78 is 13.3. The molecule has 150 valence electrons. The molecule has 2 fully saturated rings. The summed E-state index contributed by atoms with van der Waals surface area (Å²) >= 11 is 0. The molecule has 0 aliphatic carbocycles. The van der Waals surface area contributed by atoms with Crippen molar-refractivity contribution in [3.63, 3.8) is 0 Å². The van der Waals surface area contributed by atoms with E-state index in [1.165, 1.54) is 17.0 Å². The number of urea groups is 1. The van der Waals surface area contributed by atoms with Crippen LogP contribution >= 0.6 is 0 Å². The quantitative estimate of drug-likeness (QED) is 0.704. The normalized spacial score (nSPS) is 24.0. The van der Waals surface area contributed by atoms with Crippen LogP contribution in [-0.2, 0) is 4.79 Å². The Kier molecular flexibility index (Phi) is 4.95. The summed E-state index contributed by atoms with van der Waals surface area (Å²) in [6.07, 6.45) is 3.53. The van der Waals surface area contributed by atoms with Gasteiger partial charge in [-0.15, -0.1) is 0 Å². The highest BCUT2D eigenvalue weighted by Crippen LogP contribution is 2.33. The first-order valence-corrected chi connectivity index (χ1v) is 9.98. The van der Waals surface area contributed by atoms with Crippen molar-refractivity contribution in [2.75, 3.05) is 31.6 Å². The van der Waals surface area contributed by atoms with Crippen molar-refractivity contribution in [2.45, 2.75) is 44.8 Å². The number of hydrogen-bond acceptors (Lipinski definition) is 5. The minimum absolute atomic E-state index is 0.163. The largest absolute Gasteiger partial charge is 0.328 e. The number of aliphatic imine (C=N–C) groups is 1. The van der Waals surface area contributed by atoms with E-state index in [1.807, 2.05) is 9.80 Å². The van der Waals surface area contributed by atoms with Gasteiger partial charge in [-0.1, -0.05) is 26.2 Å². The number of unbranched alkanes of at least 4 members (excludes halogenated alkanes) is 3. The average molecular weight is 387 g/mol. The molecular formula is C20H26FN5O2. The fourth-order valence-electron chi connectivity index (χ4n) is 4.20. The van der Waals surface area contributed by atoms with Crippen molar-refractivity contribution in [1.82, 2.24) is 14.7 Å². The minimum Gasteiger partial charge on any atom is -0.325 e. The Balaban J connectivity index is 1.54. The van der Waals surface area contributed by atoms with Crippen molar-refractivity contribution in [1.29, 1.82) is 0 Å². The third-order valence-electron chi connectivity index (χ3n) is 5.75. The maximum atomic E-state index is 13.3. The molecule has 0 spiro atoms. The SMILES string of the molecule is CCCCCCN1C(=O)C2C(N=C3N(c4ccc(F)cc4)CCN32)N(C)C1=O. The van der Waals surface area contributed by atoms with Crippen LogP contribution in [0, 0.1) is 5.82 Å². The zero-order chi connectivity index (χ0) is 19.8. The number of benzene rings is 1. The van der Waals surface area contributed by atoms with E-state index in [-0.39, 0.29) is 17.8 Å². The van der Waals surface area contributed by atoms with E-state index in [4.69, 9.17) is 4.99 Å². The average Bonchev–Trinajstić information content (AvgIpc) is 3.26. The summed E-state index contributed by atoms with van der Waals surface area (Å²) in [5, 5.41) is 0. The number of nitrogens with zero attached hydrogens (tertiary/aromatic N) is 5. The number of likely N-dealkylation sites (N-methyl/N-ethyl adjacent to an activating group) is 1. The Morgan fingerprint density at radius 3 is 2.57 bits per heavy atom. The second-order valence-corrected chi connectivity index (χ2v) is 7.55. The smallest absolute Gasteiger partial charge is 0.325 e. The molecule has 4 rings (SSSR count). The van der Waals surface area contributed by atoms with Crippen molar-refractivity contribution in [2.24, 2.45) is 4.99 Å². The number of hydrogen-bond donors (Lipinski definition) is 0. The molecule has 7 nitrogen and oxygen atoms in total. The van der Waals surface area contributed by atoms with Crippen LogP contribution in [-0.4, -0.2) is 71.5 Å². The Morgan fingerprint density at radius 1 is 1.11 bits per heavy atom. The van der Waals surface area contributed by atoms with Gasteiger partial charge < -0.3 is 14.7 Å². The molecule has 0 radical (unpaired) electrons. The Bertz CT molecular complexity index is 796. The highest BCUT2D eigenvalue weighted by Gasteiger charge is 2.54. The molecule has 3 heterocycles. The first-order valence-electron chi connectivity index (χ1n) is 9.98. The lowest BCUT2D eigenvalue weighted by atomic mass is 10.1. The standard InChI is InChI=1S/C20H26FN5O2/c1-3-4-5-6-11-26-18(27)16-17(23(2)20(26)28)22-19-24(12-13-25(16)19)15-9-7-14(21)8-10-15/h7-10,16-17H,3-6,11-13H2,1-2H3. The molecule has 1 aromatic carbocycles. The number of imide groups is 1. The number of anilines is 1. The van der Waals surface area contributed by atoms with Crippen molar-refractivity contribution >= 4 is 23.6 Å². The first kappa shape index (κ1) is 18.7. The number of carbonyl (C=O) groups excluding carboxylic acids is 2. The lowest BCUT2D eigenvalue weighted by Gasteiger charge is -2.40. The van der Waals surface area contributed by atoms with Crippen LogP contribution in [0.3, 0.4) is 0 Å². The molecule has 0 aromatic heterocycles. The molecular weight excluding hydrogens is 361 g/mol. The molecule has 8 heteroatoms. The predicted molar refractivity (Wildman–Crippen MR) is 104 cm³/mol. The van der Waals surface area contributed by atoms with E-state index in [0.717, 1.165) is 31.4 Å². The number of guanidine groups is 1. The summed E-state index contributed by atoms with van der Waals surface area (Å²) in [6, 6.07) is 5.50. The lowest BCUT2D eigenvalue weighted by molar-refractivity contribution is -0.137. The maximum absolute atomic E-state index is 13.3. The number of carbonyl (C=O) groups is 2. The zero-order valence-electron chi connectivity index (χ0n) is 16.3. The van der Waals surface area contributed by atoms with E-state index >= 15 is 0 Å². The molecule has 2 atom stereocenters. The molecule has 0 saturated carbocycles. The maximum Gasteiger partial charge on any atom is 0.328 e. The molecule has 3 amide bonds. The van der Waals surface area contributed by atoms with Crippen molar-refractivity contribution in [3.8, 4) is 0 Å². The summed E-state index contributed by atoms with van der Waals surface area (Å²) in [6.45, 7) is 3.91. The Morgan fingerprint density at radius 2 is 1.86 bits per heavy atom. The van der Waals surface area contributed by atoms with E-state index in [1.54, 1.807) is 24.1 Å². The third-order valence-corrected chi connectivity index (χ3v) is 5.75. The van der Waals surface area contributed by atoms with Crippen LogP contribution in [0.5, 0.6) is 0 Å². The first-order chi connectivity index (χ1) is 13.5. The van der Waals surface area contributed by atoms with E-state index < -0.39 is 12.2 Å². The summed E-state index contributed by atoms with van der Waals surface area (Å²) in [4.78, 5) is 37.5. The van der Waals surface area contributed by atoms with E-state index in [2.05, 4.69) is 6.92 Å². The molecule has 3 aliphatic rings. The van der Waals surface area contributed by atoms with Gasteiger partial charge in [0.2, 0.25) is 5.96 Å². The summed E-state index contributed by atoms with van der Waals surface area (Å²) in [7, 11) is 1.71. The topological polar surface area (TPSA) is 59.5 Å². The second-order valence-electron chi connectivity index (χ2n) is 7.55. The van der Waals surface area contributed by atoms with Gasteiger partial charge in [0.25, 0.3) is 5.91 Å². The molecule has 3 aliphatic heterocycles. The van der Waals surface area contributed by atoms with Gasteiger partial charge in [-0.25, -0.2) is 14.2 Å². The van der Waals surface area contributed by atoms with Crippen LogP contribution < -0.4 is 4.90 Å². The molecule has 0 bridgehead atoms. The van der Waals surface area contributed by atoms with Gasteiger partial charge in [0.1, 0.15) is 5.82 Å². The summed E-state index contributed by atoms with van der Waals surface area (Å²) in [5.41, 5.74) is 0.833. The van der Waals surface area contributed by atoms with Gasteiger partial charge in [-0.3, -0.25) is 9.69 Å². The fraction of sp³-hybridized carbons (Fsp3) is 0.550. The summed E-state index contributed by atoms with van der Waals surface area (Å²) in [5.74, 6) is 0.229. The highest BCUT2D eigenvalue weighted by molar-refractivity contribution is 6.07. The molecule has 0 N–H and O–H groups in total. The van der Waals surface area contributed by atoms with Crippen LogP contribution in [0.25, 0.3) is 0 Å². The number of amides is 3. The second kappa shape index (κ2) is 7.41. The van der Waals surface area contributed by atoms with E-state index in [9.17, 15) is 14.0 Å². The van der Waals surface area contributed by atoms with Crippen molar-refractivity contribution in [3.05, 3.63) is 30.1 Å². The Labute approximate surface area is 164 Å². The van der Waals surface area contributed by atoms with Gasteiger partial charge in [-0.2, -0.15) is 0 Å². The number of fused-ring (bicyclic) bond motifs is 3. The lowest BCUT2D eigenvalue weighted by Crippen LogP contribution is -2.64. The van der Waals surface area contributed by atoms with Gasteiger partial charge in [0.15, 0.2) is 12.2 Å². The van der Waals surface area contributed by atoms with Gasteiger partial charge in [0.05, 0.1) is 0 Å². The van der Waals surface area contributed by atoms with Crippen molar-refractivity contribution < 1.29 is 14.0 Å². The monoisotopic (exact) mass is 387 g/mol.